The molecule has 2 aliphatic rings. The van der Waals surface area contributed by atoms with Crippen molar-refractivity contribution in [2.75, 3.05) is 0 Å². The average molecular weight is 391 g/mol. The molecule has 158 valence electrons. The van der Waals surface area contributed by atoms with Crippen molar-refractivity contribution < 1.29 is 0 Å². The minimum Gasteiger partial charge on any atom is -0.0730 e. The fraction of sp³-hybridized carbons (Fsp3) is 0.655. The molecule has 2 aliphatic carbocycles. The molecule has 0 heteroatoms. The number of benzene rings is 1. The Hall–Kier alpha value is -1.48. The van der Waals surface area contributed by atoms with Crippen LogP contribution in [0.5, 0.6) is 0 Å². The van der Waals surface area contributed by atoms with E-state index in [0.29, 0.717) is 0 Å². The average Bonchev–Trinajstić information content (AvgIpc) is 2.78. The van der Waals surface area contributed by atoms with Gasteiger partial charge in [0.05, 0.1) is 0 Å². The lowest BCUT2D eigenvalue weighted by atomic mass is 9.68. The Bertz CT molecular complexity index is 652. The Kier molecular flexibility index (Phi) is 9.40. The van der Waals surface area contributed by atoms with Gasteiger partial charge in [0.25, 0.3) is 0 Å². The molecule has 1 aromatic rings. The second-order valence-corrected chi connectivity index (χ2v) is 9.63. The molecule has 0 radical (unpaired) electrons. The summed E-state index contributed by atoms with van der Waals surface area (Å²) in [6.07, 6.45) is 23.1. The summed E-state index contributed by atoms with van der Waals surface area (Å²) in [4.78, 5) is 0. The SMILES string of the molecule is CCCCCC1CCC(C2CCC(/C=C/C#Cc3ccc(CC)cc3)CC2)CC1. The van der Waals surface area contributed by atoms with Crippen molar-refractivity contribution in [1.82, 2.24) is 0 Å². The summed E-state index contributed by atoms with van der Waals surface area (Å²) >= 11 is 0. The number of aryl methyl sites for hydroxylation is 1. The van der Waals surface area contributed by atoms with Crippen LogP contribution >= 0.6 is 0 Å². The van der Waals surface area contributed by atoms with Gasteiger partial charge >= 0.3 is 0 Å². The molecule has 0 spiro atoms. The first-order valence-electron chi connectivity index (χ1n) is 12.6. The van der Waals surface area contributed by atoms with Crippen molar-refractivity contribution in [2.24, 2.45) is 23.7 Å². The fourth-order valence-electron chi connectivity index (χ4n) is 5.57. The molecule has 0 nitrogen and oxygen atoms in total. The summed E-state index contributed by atoms with van der Waals surface area (Å²) in [5, 5.41) is 0. The van der Waals surface area contributed by atoms with Gasteiger partial charge < -0.3 is 0 Å². The summed E-state index contributed by atoms with van der Waals surface area (Å²) in [6.45, 7) is 4.51. The van der Waals surface area contributed by atoms with Crippen molar-refractivity contribution in [2.45, 2.75) is 97.3 Å². The van der Waals surface area contributed by atoms with Gasteiger partial charge in [0.1, 0.15) is 0 Å². The minimum absolute atomic E-state index is 0.758. The van der Waals surface area contributed by atoms with E-state index in [1.54, 1.807) is 0 Å². The van der Waals surface area contributed by atoms with E-state index in [4.69, 9.17) is 0 Å². The van der Waals surface area contributed by atoms with E-state index < -0.39 is 0 Å². The zero-order chi connectivity index (χ0) is 20.3. The van der Waals surface area contributed by atoms with E-state index >= 15 is 0 Å². The standard InChI is InChI=1S/C29H42/c1-3-5-6-9-26-16-20-28(21-17-26)29-22-18-27(19-23-29)11-8-7-10-25-14-12-24(4-2)13-15-25/h8,11-15,26-29H,3-6,9,16-23H2,1-2H3/b11-8+. The van der Waals surface area contributed by atoms with Gasteiger partial charge in [-0.25, -0.2) is 0 Å². The smallest absolute Gasteiger partial charge is 0.0249 e. The maximum Gasteiger partial charge on any atom is 0.0249 e. The van der Waals surface area contributed by atoms with Crippen molar-refractivity contribution >= 4 is 0 Å². The third kappa shape index (κ3) is 7.37. The van der Waals surface area contributed by atoms with Gasteiger partial charge in [0.2, 0.25) is 0 Å². The zero-order valence-corrected chi connectivity index (χ0v) is 19.0. The van der Waals surface area contributed by atoms with Gasteiger partial charge in [-0.1, -0.05) is 82.4 Å². The van der Waals surface area contributed by atoms with E-state index in [9.17, 15) is 0 Å². The Morgan fingerprint density at radius 1 is 0.828 bits per heavy atom. The molecule has 0 amide bonds. The number of unbranched alkanes of at least 4 members (excludes halogenated alkanes) is 2. The number of allylic oxidation sites excluding steroid dienone is 2. The normalized spacial score (nSPS) is 27.5. The van der Waals surface area contributed by atoms with E-state index in [-0.39, 0.29) is 0 Å². The van der Waals surface area contributed by atoms with Crippen molar-refractivity contribution in [1.29, 1.82) is 0 Å². The Morgan fingerprint density at radius 3 is 2.10 bits per heavy atom. The van der Waals surface area contributed by atoms with Crippen LogP contribution in [0.1, 0.15) is 102 Å². The molecule has 0 saturated heterocycles. The molecule has 0 N–H and O–H groups in total. The molecule has 3 rings (SSSR count). The van der Waals surface area contributed by atoms with Crippen LogP contribution in [0.4, 0.5) is 0 Å². The summed E-state index contributed by atoms with van der Waals surface area (Å²) in [6, 6.07) is 8.66. The first kappa shape index (κ1) is 22.2. The molecule has 0 heterocycles. The summed E-state index contributed by atoms with van der Waals surface area (Å²) in [5.74, 6) is 10.4. The monoisotopic (exact) mass is 390 g/mol. The van der Waals surface area contributed by atoms with Crippen LogP contribution in [0, 0.1) is 35.5 Å². The number of hydrogen-bond acceptors (Lipinski definition) is 0. The highest BCUT2D eigenvalue weighted by molar-refractivity contribution is 5.38. The number of hydrogen-bond donors (Lipinski definition) is 0. The largest absolute Gasteiger partial charge is 0.0730 e. The van der Waals surface area contributed by atoms with Gasteiger partial charge in [0, 0.05) is 5.56 Å². The lowest BCUT2D eigenvalue weighted by Crippen LogP contribution is -2.25. The zero-order valence-electron chi connectivity index (χ0n) is 19.0. The molecule has 29 heavy (non-hydrogen) atoms. The maximum absolute atomic E-state index is 3.28. The third-order valence-corrected chi connectivity index (χ3v) is 7.62. The van der Waals surface area contributed by atoms with E-state index in [2.05, 4.69) is 62.1 Å². The van der Waals surface area contributed by atoms with Crippen LogP contribution in [-0.2, 0) is 6.42 Å². The van der Waals surface area contributed by atoms with Gasteiger partial charge in [-0.05, 0) is 92.4 Å². The molecule has 0 atom stereocenters. The molecule has 0 aromatic heterocycles. The van der Waals surface area contributed by atoms with E-state index in [1.807, 2.05) is 0 Å². The first-order chi connectivity index (χ1) is 14.3. The summed E-state index contributed by atoms with van der Waals surface area (Å²) < 4.78 is 0. The predicted molar refractivity (Wildman–Crippen MR) is 127 cm³/mol. The number of rotatable bonds is 7. The van der Waals surface area contributed by atoms with Gasteiger partial charge in [-0.3, -0.25) is 0 Å². The van der Waals surface area contributed by atoms with E-state index in [0.717, 1.165) is 35.7 Å². The van der Waals surface area contributed by atoms with Crippen LogP contribution in [0.2, 0.25) is 0 Å². The highest BCUT2D eigenvalue weighted by Crippen LogP contribution is 2.42. The molecular weight excluding hydrogens is 348 g/mol. The molecule has 1 aromatic carbocycles. The second kappa shape index (κ2) is 12.3. The quantitative estimate of drug-likeness (QED) is 0.324. The maximum atomic E-state index is 3.28. The molecule has 0 aliphatic heterocycles. The third-order valence-electron chi connectivity index (χ3n) is 7.62. The fourth-order valence-corrected chi connectivity index (χ4v) is 5.57. The van der Waals surface area contributed by atoms with Crippen molar-refractivity contribution in [3.8, 4) is 11.8 Å². The Labute approximate surface area is 180 Å². The topological polar surface area (TPSA) is 0 Å². The molecule has 2 fully saturated rings. The molecule has 0 unspecified atom stereocenters. The van der Waals surface area contributed by atoms with Crippen molar-refractivity contribution in [3.05, 3.63) is 47.5 Å². The molecular formula is C29H42. The van der Waals surface area contributed by atoms with Crippen LogP contribution < -0.4 is 0 Å². The first-order valence-corrected chi connectivity index (χ1v) is 12.6. The van der Waals surface area contributed by atoms with Crippen LogP contribution in [0.3, 0.4) is 0 Å². The predicted octanol–water partition coefficient (Wildman–Crippen LogP) is 8.35. The lowest BCUT2D eigenvalue weighted by Gasteiger charge is -2.37. The van der Waals surface area contributed by atoms with Crippen LogP contribution in [0.15, 0.2) is 36.4 Å². The van der Waals surface area contributed by atoms with E-state index in [1.165, 1.54) is 82.6 Å². The Morgan fingerprint density at radius 2 is 1.48 bits per heavy atom. The Balaban J connectivity index is 1.35. The van der Waals surface area contributed by atoms with Crippen LogP contribution in [0.25, 0.3) is 0 Å². The lowest BCUT2D eigenvalue weighted by molar-refractivity contribution is 0.151. The summed E-state index contributed by atoms with van der Waals surface area (Å²) in [5.41, 5.74) is 2.51. The highest BCUT2D eigenvalue weighted by atomic mass is 14.4. The second-order valence-electron chi connectivity index (χ2n) is 9.63. The van der Waals surface area contributed by atoms with Gasteiger partial charge in [0.15, 0.2) is 0 Å². The minimum atomic E-state index is 0.758. The molecule has 0 bridgehead atoms. The highest BCUT2D eigenvalue weighted by Gasteiger charge is 2.30. The summed E-state index contributed by atoms with van der Waals surface area (Å²) in [7, 11) is 0. The van der Waals surface area contributed by atoms with Gasteiger partial charge in [-0.15, -0.1) is 0 Å². The van der Waals surface area contributed by atoms with Crippen LogP contribution in [-0.4, -0.2) is 0 Å². The van der Waals surface area contributed by atoms with Crippen molar-refractivity contribution in [3.63, 3.8) is 0 Å². The van der Waals surface area contributed by atoms with Gasteiger partial charge in [-0.2, -0.15) is 0 Å². The molecule has 2 saturated carbocycles.